The van der Waals surface area contributed by atoms with E-state index in [1.54, 1.807) is 0 Å². The van der Waals surface area contributed by atoms with E-state index in [4.69, 9.17) is 13.7 Å². The van der Waals surface area contributed by atoms with Crippen molar-refractivity contribution in [2.75, 3.05) is 0 Å². The highest BCUT2D eigenvalue weighted by Crippen LogP contribution is 2.41. The van der Waals surface area contributed by atoms with Crippen molar-refractivity contribution in [2.24, 2.45) is 0 Å². The lowest BCUT2D eigenvalue weighted by Crippen LogP contribution is -2.41. The summed E-state index contributed by atoms with van der Waals surface area (Å²) in [5.74, 6) is 0.956. The van der Waals surface area contributed by atoms with Crippen LogP contribution in [0.15, 0.2) is 34.2 Å². The topological polar surface area (TPSA) is 31.6 Å². The Kier molecular flexibility index (Phi) is 2.88. The van der Waals surface area contributed by atoms with Crippen molar-refractivity contribution >= 4 is 24.2 Å². The van der Waals surface area contributed by atoms with Gasteiger partial charge >= 0.3 is 7.12 Å². The molecule has 0 bridgehead atoms. The highest BCUT2D eigenvalue weighted by Gasteiger charge is 2.52. The number of allylic oxidation sites excluding steroid dienone is 1. The first-order valence-electron chi connectivity index (χ1n) is 7.94. The molecule has 1 aliphatic heterocycles. The molecule has 4 rings (SSSR count). The van der Waals surface area contributed by atoms with E-state index < -0.39 is 0 Å². The molecule has 0 unspecified atom stereocenters. The number of furan rings is 1. The van der Waals surface area contributed by atoms with Gasteiger partial charge in [-0.15, -0.1) is 0 Å². The second-order valence-electron chi connectivity index (χ2n) is 7.25. The first kappa shape index (κ1) is 14.1. The van der Waals surface area contributed by atoms with Crippen LogP contribution in [-0.2, 0) is 15.7 Å². The van der Waals surface area contributed by atoms with Gasteiger partial charge in [0.15, 0.2) is 0 Å². The van der Waals surface area contributed by atoms with Gasteiger partial charge in [0.05, 0.1) is 11.2 Å². The molecule has 114 valence electrons. The third kappa shape index (κ3) is 1.98. The lowest BCUT2D eigenvalue weighted by atomic mass is 9.72. The van der Waals surface area contributed by atoms with E-state index in [1.807, 2.05) is 12.1 Å². The fraction of sp³-hybridized carbons (Fsp3) is 0.444. The number of hydrogen-bond acceptors (Lipinski definition) is 3. The summed E-state index contributed by atoms with van der Waals surface area (Å²) in [6, 6.07) is 8.23. The molecule has 2 heterocycles. The van der Waals surface area contributed by atoms with Crippen molar-refractivity contribution in [1.29, 1.82) is 0 Å². The van der Waals surface area contributed by atoms with Gasteiger partial charge in [-0.2, -0.15) is 0 Å². The van der Waals surface area contributed by atoms with Gasteiger partial charge in [0, 0.05) is 10.9 Å². The van der Waals surface area contributed by atoms with Gasteiger partial charge < -0.3 is 13.7 Å². The van der Waals surface area contributed by atoms with Gasteiger partial charge in [-0.25, -0.2) is 0 Å². The predicted molar refractivity (Wildman–Crippen MR) is 88.6 cm³/mol. The van der Waals surface area contributed by atoms with Crippen LogP contribution in [0, 0.1) is 0 Å². The van der Waals surface area contributed by atoms with Gasteiger partial charge in [0.25, 0.3) is 0 Å². The molecule has 2 aromatic rings. The van der Waals surface area contributed by atoms with Crippen LogP contribution in [-0.4, -0.2) is 18.3 Å². The van der Waals surface area contributed by atoms with E-state index in [2.05, 4.69) is 45.9 Å². The standard InChI is InChI=1S/C18H21BO3/c1-17(2)18(3,4)22-19(21-17)12-9-10-14-13-7-5-6-8-15(13)20-16(14)11-12/h5-8,11H,9-10H2,1-4H3. The van der Waals surface area contributed by atoms with Crippen molar-refractivity contribution in [2.45, 2.75) is 51.7 Å². The van der Waals surface area contributed by atoms with E-state index in [9.17, 15) is 0 Å². The van der Waals surface area contributed by atoms with Gasteiger partial charge in [-0.05, 0) is 58.2 Å². The fourth-order valence-corrected chi connectivity index (χ4v) is 3.18. The lowest BCUT2D eigenvalue weighted by molar-refractivity contribution is 0.00578. The molecule has 4 heteroatoms. The average Bonchev–Trinajstić information content (AvgIpc) is 2.93. The van der Waals surface area contributed by atoms with Gasteiger partial charge in [0.2, 0.25) is 0 Å². The molecule has 3 nitrogen and oxygen atoms in total. The molecule has 0 N–H and O–H groups in total. The molecule has 0 saturated carbocycles. The van der Waals surface area contributed by atoms with E-state index in [1.165, 1.54) is 16.4 Å². The van der Waals surface area contributed by atoms with Gasteiger partial charge in [-0.1, -0.05) is 18.2 Å². The van der Waals surface area contributed by atoms with Crippen LogP contribution in [0.5, 0.6) is 0 Å². The molecule has 1 aromatic heterocycles. The molecule has 1 saturated heterocycles. The molecule has 0 amide bonds. The fourth-order valence-electron chi connectivity index (χ4n) is 3.18. The normalized spacial score (nSPS) is 22.7. The molecule has 0 spiro atoms. The molecule has 0 atom stereocenters. The van der Waals surface area contributed by atoms with Crippen LogP contribution in [0.3, 0.4) is 0 Å². The summed E-state index contributed by atoms with van der Waals surface area (Å²) in [6.45, 7) is 8.35. The quantitative estimate of drug-likeness (QED) is 0.731. The summed E-state index contributed by atoms with van der Waals surface area (Å²) in [7, 11) is -0.272. The largest absolute Gasteiger partial charge is 0.490 e. The molecule has 1 aromatic carbocycles. The number of hydrogen-bond donors (Lipinski definition) is 0. The second kappa shape index (κ2) is 4.50. The highest BCUT2D eigenvalue weighted by atomic mass is 16.7. The second-order valence-corrected chi connectivity index (χ2v) is 7.25. The Balaban J connectivity index is 1.71. The number of benzene rings is 1. The first-order chi connectivity index (χ1) is 10.4. The van der Waals surface area contributed by atoms with E-state index >= 15 is 0 Å². The van der Waals surface area contributed by atoms with Crippen LogP contribution in [0.4, 0.5) is 0 Å². The Morgan fingerprint density at radius 3 is 2.36 bits per heavy atom. The molecule has 1 aliphatic carbocycles. The summed E-state index contributed by atoms with van der Waals surface area (Å²) in [4.78, 5) is 0. The summed E-state index contributed by atoms with van der Waals surface area (Å²) < 4.78 is 18.3. The predicted octanol–water partition coefficient (Wildman–Crippen LogP) is 4.39. The highest BCUT2D eigenvalue weighted by molar-refractivity contribution is 6.55. The third-order valence-electron chi connectivity index (χ3n) is 5.27. The Labute approximate surface area is 131 Å². The molecular formula is C18H21BO3. The summed E-state index contributed by atoms with van der Waals surface area (Å²) >= 11 is 0. The number of aryl methyl sites for hydroxylation is 1. The van der Waals surface area contributed by atoms with Crippen LogP contribution in [0.2, 0.25) is 0 Å². The SMILES string of the molecule is CC1(C)OB(C2=Cc3oc4ccccc4c3CC2)OC1(C)C. The molecule has 2 aliphatic rings. The smallest absolute Gasteiger partial charge is 0.456 e. The Morgan fingerprint density at radius 1 is 0.955 bits per heavy atom. The van der Waals surface area contributed by atoms with Crippen LogP contribution in [0.25, 0.3) is 17.0 Å². The average molecular weight is 296 g/mol. The van der Waals surface area contributed by atoms with E-state index in [0.29, 0.717) is 0 Å². The summed E-state index contributed by atoms with van der Waals surface area (Å²) in [5.41, 5.74) is 2.83. The van der Waals surface area contributed by atoms with Crippen molar-refractivity contribution < 1.29 is 13.7 Å². The minimum atomic E-state index is -0.299. The van der Waals surface area contributed by atoms with Crippen LogP contribution >= 0.6 is 0 Å². The minimum Gasteiger partial charge on any atom is -0.456 e. The monoisotopic (exact) mass is 296 g/mol. The molecule has 1 fully saturated rings. The van der Waals surface area contributed by atoms with Crippen LogP contribution in [0.1, 0.15) is 45.4 Å². The zero-order valence-corrected chi connectivity index (χ0v) is 13.6. The Morgan fingerprint density at radius 2 is 1.64 bits per heavy atom. The zero-order valence-electron chi connectivity index (χ0n) is 13.6. The van der Waals surface area contributed by atoms with Crippen molar-refractivity contribution in [3.05, 3.63) is 41.1 Å². The van der Waals surface area contributed by atoms with E-state index in [0.717, 1.165) is 24.2 Å². The van der Waals surface area contributed by atoms with Gasteiger partial charge in [0.1, 0.15) is 11.3 Å². The minimum absolute atomic E-state index is 0.272. The molecule has 0 radical (unpaired) electrons. The maximum Gasteiger partial charge on any atom is 0.490 e. The summed E-state index contributed by atoms with van der Waals surface area (Å²) in [5, 5.41) is 1.22. The number of para-hydroxylation sites is 1. The Bertz CT molecular complexity index is 754. The number of fused-ring (bicyclic) bond motifs is 3. The lowest BCUT2D eigenvalue weighted by Gasteiger charge is -2.32. The molecule has 22 heavy (non-hydrogen) atoms. The van der Waals surface area contributed by atoms with E-state index in [-0.39, 0.29) is 18.3 Å². The van der Waals surface area contributed by atoms with Gasteiger partial charge in [-0.3, -0.25) is 0 Å². The Hall–Kier alpha value is -1.52. The van der Waals surface area contributed by atoms with Crippen molar-refractivity contribution in [3.63, 3.8) is 0 Å². The maximum absolute atomic E-state index is 6.16. The first-order valence-corrected chi connectivity index (χ1v) is 7.94. The van der Waals surface area contributed by atoms with Crippen molar-refractivity contribution in [1.82, 2.24) is 0 Å². The van der Waals surface area contributed by atoms with Crippen molar-refractivity contribution in [3.8, 4) is 0 Å². The molecular weight excluding hydrogens is 275 g/mol. The zero-order chi connectivity index (χ0) is 15.5. The summed E-state index contributed by atoms with van der Waals surface area (Å²) in [6.07, 6.45) is 4.04. The maximum atomic E-state index is 6.16. The van der Waals surface area contributed by atoms with Crippen LogP contribution < -0.4 is 0 Å². The third-order valence-corrected chi connectivity index (χ3v) is 5.27. The number of rotatable bonds is 1.